The normalized spacial score (nSPS) is 21.0. The van der Waals surface area contributed by atoms with Gasteiger partial charge in [-0.15, -0.1) is 0 Å². The second kappa shape index (κ2) is 8.36. The molecule has 152 valence electrons. The maximum Gasteiger partial charge on any atom is 0.233 e. The Labute approximate surface area is 172 Å². The van der Waals surface area contributed by atoms with Crippen molar-refractivity contribution in [2.75, 3.05) is 18.4 Å². The van der Waals surface area contributed by atoms with E-state index < -0.39 is 5.41 Å². The van der Waals surface area contributed by atoms with Crippen molar-refractivity contribution in [2.45, 2.75) is 50.9 Å². The summed E-state index contributed by atoms with van der Waals surface area (Å²) in [5.41, 5.74) is 1.76. The first-order valence-corrected chi connectivity index (χ1v) is 10.7. The minimum atomic E-state index is -0.419. The highest BCUT2D eigenvalue weighted by atomic mass is 16.2. The van der Waals surface area contributed by atoms with Gasteiger partial charge in [0.15, 0.2) is 0 Å². The summed E-state index contributed by atoms with van der Waals surface area (Å²) in [6.07, 6.45) is 7.37. The van der Waals surface area contributed by atoms with Crippen LogP contribution < -0.4 is 5.32 Å². The molecule has 0 radical (unpaired) electrons. The highest BCUT2D eigenvalue weighted by Gasteiger charge is 2.46. The number of amides is 2. The van der Waals surface area contributed by atoms with E-state index in [2.05, 4.69) is 22.4 Å². The third kappa shape index (κ3) is 4.04. The fraction of sp³-hybridized carbons (Fsp3) is 0.458. The quantitative estimate of drug-likeness (QED) is 0.854. The second-order valence-electron chi connectivity index (χ2n) is 8.46. The molecule has 2 aliphatic rings. The Balaban J connectivity index is 1.48. The standard InChI is InChI=1S/C24H29N3O2/c1-18-11-12-21(25-16-18)26-22(28)19-8-7-15-27(17-19)23(29)24(13-5-6-14-24)20-9-3-2-4-10-20/h2-4,9-12,16,19H,5-8,13-15,17H2,1H3,(H,25,26,28). The predicted octanol–water partition coefficient (Wildman–Crippen LogP) is 4.08. The highest BCUT2D eigenvalue weighted by molar-refractivity contribution is 5.93. The van der Waals surface area contributed by atoms with Crippen LogP contribution in [0, 0.1) is 12.8 Å². The van der Waals surface area contributed by atoms with E-state index in [0.29, 0.717) is 12.4 Å². The van der Waals surface area contributed by atoms with Crippen LogP contribution in [0.1, 0.15) is 49.7 Å². The molecule has 1 saturated heterocycles. The molecule has 1 atom stereocenters. The van der Waals surface area contributed by atoms with Gasteiger partial charge in [0.25, 0.3) is 0 Å². The van der Waals surface area contributed by atoms with Crippen LogP contribution in [0.5, 0.6) is 0 Å². The first-order valence-electron chi connectivity index (χ1n) is 10.7. The van der Waals surface area contributed by atoms with Gasteiger partial charge in [0, 0.05) is 19.3 Å². The highest BCUT2D eigenvalue weighted by Crippen LogP contribution is 2.43. The number of nitrogens with zero attached hydrogens (tertiary/aromatic N) is 2. The van der Waals surface area contributed by atoms with Crippen LogP contribution >= 0.6 is 0 Å². The summed E-state index contributed by atoms with van der Waals surface area (Å²) < 4.78 is 0. The molecule has 1 aromatic carbocycles. The van der Waals surface area contributed by atoms with E-state index in [9.17, 15) is 9.59 Å². The molecule has 29 heavy (non-hydrogen) atoms. The molecule has 1 N–H and O–H groups in total. The van der Waals surface area contributed by atoms with Crippen molar-refractivity contribution >= 4 is 17.6 Å². The number of anilines is 1. The van der Waals surface area contributed by atoms with Gasteiger partial charge in [0.1, 0.15) is 5.82 Å². The third-order valence-corrected chi connectivity index (χ3v) is 6.43. The summed E-state index contributed by atoms with van der Waals surface area (Å²) in [5.74, 6) is 0.539. The van der Waals surface area contributed by atoms with Crippen molar-refractivity contribution in [2.24, 2.45) is 5.92 Å². The molecule has 2 heterocycles. The molecular weight excluding hydrogens is 362 g/mol. The van der Waals surface area contributed by atoms with Gasteiger partial charge in [-0.3, -0.25) is 9.59 Å². The lowest BCUT2D eigenvalue weighted by Gasteiger charge is -2.39. The van der Waals surface area contributed by atoms with Gasteiger partial charge in [-0.25, -0.2) is 4.98 Å². The summed E-state index contributed by atoms with van der Waals surface area (Å²) in [6.45, 7) is 3.19. The molecule has 1 aromatic heterocycles. The minimum absolute atomic E-state index is 0.0426. The maximum atomic E-state index is 13.7. The molecule has 4 rings (SSSR count). The number of benzene rings is 1. The average Bonchev–Trinajstić information content (AvgIpc) is 3.27. The van der Waals surface area contributed by atoms with E-state index in [1.54, 1.807) is 6.20 Å². The lowest BCUT2D eigenvalue weighted by atomic mass is 9.77. The SMILES string of the molecule is Cc1ccc(NC(=O)C2CCCN(C(=O)C3(c4ccccc4)CCCC3)C2)nc1. The third-order valence-electron chi connectivity index (χ3n) is 6.43. The fourth-order valence-corrected chi connectivity index (χ4v) is 4.81. The zero-order valence-electron chi connectivity index (χ0n) is 17.1. The topological polar surface area (TPSA) is 62.3 Å². The van der Waals surface area contributed by atoms with Crippen molar-refractivity contribution in [1.82, 2.24) is 9.88 Å². The Morgan fingerprint density at radius 2 is 1.83 bits per heavy atom. The van der Waals surface area contributed by atoms with Gasteiger partial charge in [0.05, 0.1) is 11.3 Å². The number of carbonyl (C=O) groups excluding carboxylic acids is 2. The molecule has 1 aliphatic carbocycles. The number of carbonyl (C=O) groups is 2. The Morgan fingerprint density at radius 1 is 1.07 bits per heavy atom. The molecule has 1 aliphatic heterocycles. The summed E-state index contributed by atoms with van der Waals surface area (Å²) in [4.78, 5) is 32.7. The molecule has 0 spiro atoms. The van der Waals surface area contributed by atoms with Crippen LogP contribution in [-0.2, 0) is 15.0 Å². The largest absolute Gasteiger partial charge is 0.341 e. The first-order chi connectivity index (χ1) is 14.1. The van der Waals surface area contributed by atoms with Crippen LogP contribution in [0.15, 0.2) is 48.7 Å². The lowest BCUT2D eigenvalue weighted by molar-refractivity contribution is -0.140. The van der Waals surface area contributed by atoms with Crippen molar-refractivity contribution in [3.05, 3.63) is 59.8 Å². The minimum Gasteiger partial charge on any atom is -0.341 e. The Morgan fingerprint density at radius 3 is 2.52 bits per heavy atom. The van der Waals surface area contributed by atoms with Crippen molar-refractivity contribution in [3.63, 3.8) is 0 Å². The van der Waals surface area contributed by atoms with Crippen LogP contribution in [0.2, 0.25) is 0 Å². The summed E-state index contributed by atoms with van der Waals surface area (Å²) in [6, 6.07) is 14.0. The van der Waals surface area contributed by atoms with E-state index in [4.69, 9.17) is 0 Å². The smallest absolute Gasteiger partial charge is 0.233 e. The van der Waals surface area contributed by atoms with Gasteiger partial charge in [0.2, 0.25) is 11.8 Å². The predicted molar refractivity (Wildman–Crippen MR) is 113 cm³/mol. The van der Waals surface area contributed by atoms with E-state index in [0.717, 1.165) is 56.2 Å². The number of pyridine rings is 1. The number of rotatable bonds is 4. The van der Waals surface area contributed by atoms with E-state index in [1.165, 1.54) is 0 Å². The zero-order valence-corrected chi connectivity index (χ0v) is 17.1. The Bertz CT molecular complexity index is 857. The Hall–Kier alpha value is -2.69. The average molecular weight is 392 g/mol. The molecule has 2 fully saturated rings. The van der Waals surface area contributed by atoms with E-state index >= 15 is 0 Å². The summed E-state index contributed by atoms with van der Waals surface area (Å²) in [7, 11) is 0. The molecule has 2 aromatic rings. The molecule has 1 saturated carbocycles. The monoisotopic (exact) mass is 391 g/mol. The first kappa shape index (κ1) is 19.6. The summed E-state index contributed by atoms with van der Waals surface area (Å²) >= 11 is 0. The fourth-order valence-electron chi connectivity index (χ4n) is 4.81. The van der Waals surface area contributed by atoms with Crippen LogP contribution in [-0.4, -0.2) is 34.8 Å². The van der Waals surface area contributed by atoms with E-state index in [-0.39, 0.29) is 17.7 Å². The van der Waals surface area contributed by atoms with Gasteiger partial charge in [-0.05, 0) is 49.8 Å². The molecule has 1 unspecified atom stereocenters. The molecule has 2 amide bonds. The number of nitrogens with one attached hydrogen (secondary N) is 1. The van der Waals surface area contributed by atoms with Crippen LogP contribution in [0.4, 0.5) is 5.82 Å². The molecule has 5 heteroatoms. The van der Waals surface area contributed by atoms with Crippen LogP contribution in [0.25, 0.3) is 0 Å². The van der Waals surface area contributed by atoms with Crippen molar-refractivity contribution in [1.29, 1.82) is 0 Å². The lowest BCUT2D eigenvalue weighted by Crippen LogP contribution is -2.51. The van der Waals surface area contributed by atoms with E-state index in [1.807, 2.05) is 42.2 Å². The number of piperidine rings is 1. The number of aryl methyl sites for hydroxylation is 1. The Kier molecular flexibility index (Phi) is 5.65. The number of aromatic nitrogens is 1. The number of hydrogen-bond acceptors (Lipinski definition) is 3. The van der Waals surface area contributed by atoms with Gasteiger partial charge < -0.3 is 10.2 Å². The van der Waals surface area contributed by atoms with Crippen molar-refractivity contribution < 1.29 is 9.59 Å². The van der Waals surface area contributed by atoms with Crippen molar-refractivity contribution in [3.8, 4) is 0 Å². The maximum absolute atomic E-state index is 13.7. The number of hydrogen-bond donors (Lipinski definition) is 1. The summed E-state index contributed by atoms with van der Waals surface area (Å²) in [5, 5.41) is 2.92. The number of likely N-dealkylation sites (tertiary alicyclic amines) is 1. The second-order valence-corrected chi connectivity index (χ2v) is 8.46. The van der Waals surface area contributed by atoms with Crippen LogP contribution in [0.3, 0.4) is 0 Å². The molecule has 5 nitrogen and oxygen atoms in total. The van der Waals surface area contributed by atoms with Gasteiger partial charge >= 0.3 is 0 Å². The van der Waals surface area contributed by atoms with Gasteiger partial charge in [-0.1, -0.05) is 49.2 Å². The van der Waals surface area contributed by atoms with Gasteiger partial charge in [-0.2, -0.15) is 0 Å². The zero-order chi connectivity index (χ0) is 20.3. The molecular formula is C24H29N3O2. The molecule has 0 bridgehead atoms.